The Balaban J connectivity index is 1.58. The number of piperidine rings is 1. The van der Waals surface area contributed by atoms with E-state index in [1.807, 2.05) is 42.1 Å². The number of oxazole rings is 1. The highest BCUT2D eigenvalue weighted by atomic mass is 19.1. The average molecular weight is 350 g/mol. The summed E-state index contributed by atoms with van der Waals surface area (Å²) in [6.07, 6.45) is 4.00. The molecule has 4 aromatic rings. The molecule has 1 saturated heterocycles. The topological polar surface area (TPSA) is 55.9 Å². The zero-order chi connectivity index (χ0) is 17.7. The molecule has 5 nitrogen and oxygen atoms in total. The normalized spacial score (nSPS) is 15.9. The third-order valence-electron chi connectivity index (χ3n) is 5.09. The molecule has 1 N–H and O–H groups in total. The van der Waals surface area contributed by atoms with Gasteiger partial charge < -0.3 is 9.73 Å². The van der Waals surface area contributed by atoms with Gasteiger partial charge in [0.25, 0.3) is 0 Å². The predicted octanol–water partition coefficient (Wildman–Crippen LogP) is 4.22. The van der Waals surface area contributed by atoms with Crippen LogP contribution in [0.1, 0.15) is 24.8 Å². The summed E-state index contributed by atoms with van der Waals surface area (Å²) in [5.74, 6) is 0.334. The van der Waals surface area contributed by atoms with Gasteiger partial charge in [-0.25, -0.2) is 9.37 Å². The Hall–Kier alpha value is -2.73. The van der Waals surface area contributed by atoms with Crippen LogP contribution in [0.4, 0.5) is 4.39 Å². The van der Waals surface area contributed by atoms with Crippen LogP contribution in [0.2, 0.25) is 0 Å². The van der Waals surface area contributed by atoms with Crippen molar-refractivity contribution in [2.45, 2.75) is 25.8 Å². The van der Waals surface area contributed by atoms with Crippen molar-refractivity contribution in [3.63, 3.8) is 0 Å². The molecular weight excluding hydrogens is 331 g/mol. The molecule has 0 spiro atoms. The molecule has 26 heavy (non-hydrogen) atoms. The Morgan fingerprint density at radius 3 is 2.85 bits per heavy atom. The first-order valence-corrected chi connectivity index (χ1v) is 8.94. The lowest BCUT2D eigenvalue weighted by molar-refractivity contribution is 0.344. The number of nitrogens with one attached hydrogen (secondary N) is 1. The number of nitrogens with zero attached hydrogens (tertiary/aromatic N) is 3. The van der Waals surface area contributed by atoms with E-state index in [2.05, 4.69) is 15.4 Å². The molecule has 132 valence electrons. The van der Waals surface area contributed by atoms with Gasteiger partial charge in [0.05, 0.1) is 6.04 Å². The molecule has 6 heteroatoms. The van der Waals surface area contributed by atoms with E-state index >= 15 is 0 Å². The lowest BCUT2D eigenvalue weighted by Crippen LogP contribution is -2.29. The number of fused-ring (bicyclic) bond motifs is 2. The molecule has 1 aliphatic heterocycles. The molecule has 1 aliphatic rings. The highest BCUT2D eigenvalue weighted by Crippen LogP contribution is 2.30. The molecular formula is C20H19FN4O. The summed E-state index contributed by atoms with van der Waals surface area (Å²) < 4.78 is 22.2. The van der Waals surface area contributed by atoms with Gasteiger partial charge in [-0.05, 0) is 61.3 Å². The molecule has 0 amide bonds. The molecule has 1 fully saturated rings. The van der Waals surface area contributed by atoms with Crippen LogP contribution in [0.5, 0.6) is 0 Å². The zero-order valence-electron chi connectivity index (χ0n) is 14.5. The fourth-order valence-corrected chi connectivity index (χ4v) is 3.76. The number of aromatic nitrogens is 3. The summed E-state index contributed by atoms with van der Waals surface area (Å²) in [7, 11) is 0. The first-order chi connectivity index (χ1) is 12.7. The van der Waals surface area contributed by atoms with E-state index in [1.165, 1.54) is 0 Å². The van der Waals surface area contributed by atoms with Crippen LogP contribution in [-0.4, -0.2) is 27.9 Å². The summed E-state index contributed by atoms with van der Waals surface area (Å²) >= 11 is 0. The van der Waals surface area contributed by atoms with Crippen molar-refractivity contribution < 1.29 is 8.81 Å². The highest BCUT2D eigenvalue weighted by Gasteiger charge is 2.18. The molecule has 0 unspecified atom stereocenters. The van der Waals surface area contributed by atoms with E-state index in [0.29, 0.717) is 23.0 Å². The minimum absolute atomic E-state index is 0.293. The van der Waals surface area contributed by atoms with E-state index in [-0.39, 0.29) is 5.82 Å². The van der Waals surface area contributed by atoms with Crippen molar-refractivity contribution in [1.29, 1.82) is 0 Å². The Morgan fingerprint density at radius 1 is 1.15 bits per heavy atom. The van der Waals surface area contributed by atoms with Crippen molar-refractivity contribution in [2.75, 3.05) is 13.1 Å². The van der Waals surface area contributed by atoms with Crippen LogP contribution in [0, 0.1) is 12.7 Å². The fraction of sp³-hybridized carbons (Fsp3) is 0.300. The Labute approximate surface area is 149 Å². The van der Waals surface area contributed by atoms with Crippen LogP contribution < -0.4 is 5.32 Å². The maximum absolute atomic E-state index is 14.7. The highest BCUT2D eigenvalue weighted by molar-refractivity contribution is 5.87. The van der Waals surface area contributed by atoms with E-state index in [0.717, 1.165) is 48.0 Å². The molecule has 2 aromatic carbocycles. The largest absolute Gasteiger partial charge is 0.441 e. The van der Waals surface area contributed by atoms with Crippen molar-refractivity contribution in [3.05, 3.63) is 48.2 Å². The van der Waals surface area contributed by atoms with Crippen molar-refractivity contribution in [1.82, 2.24) is 20.1 Å². The van der Waals surface area contributed by atoms with Gasteiger partial charge in [0.2, 0.25) is 0 Å². The molecule has 0 saturated carbocycles. The Kier molecular flexibility index (Phi) is 3.53. The van der Waals surface area contributed by atoms with Gasteiger partial charge in [0.15, 0.2) is 17.3 Å². The minimum Gasteiger partial charge on any atom is -0.441 e. The summed E-state index contributed by atoms with van der Waals surface area (Å²) in [5, 5.41) is 8.68. The molecule has 3 heterocycles. The quantitative estimate of drug-likeness (QED) is 0.588. The lowest BCUT2D eigenvalue weighted by atomic mass is 10.0. The number of rotatable bonds is 2. The fourth-order valence-electron chi connectivity index (χ4n) is 3.76. The van der Waals surface area contributed by atoms with Crippen LogP contribution in [0.15, 0.2) is 40.9 Å². The van der Waals surface area contributed by atoms with Gasteiger partial charge in [-0.1, -0.05) is 6.07 Å². The van der Waals surface area contributed by atoms with E-state index in [9.17, 15) is 4.39 Å². The maximum Gasteiger partial charge on any atom is 0.192 e. The summed E-state index contributed by atoms with van der Waals surface area (Å²) in [6, 6.07) is 9.64. The maximum atomic E-state index is 14.7. The summed E-state index contributed by atoms with van der Waals surface area (Å²) in [6.45, 7) is 3.77. The van der Waals surface area contributed by atoms with Gasteiger partial charge in [-0.15, -0.1) is 0 Å². The second kappa shape index (κ2) is 5.92. The molecule has 0 atom stereocenters. The lowest BCUT2D eigenvalue weighted by Gasteiger charge is -2.22. The molecule has 2 aromatic heterocycles. The van der Waals surface area contributed by atoms with E-state index in [1.54, 1.807) is 6.07 Å². The monoisotopic (exact) mass is 350 g/mol. The molecule has 0 bridgehead atoms. The van der Waals surface area contributed by atoms with E-state index in [4.69, 9.17) is 4.42 Å². The average Bonchev–Trinajstić information content (AvgIpc) is 3.24. The van der Waals surface area contributed by atoms with Gasteiger partial charge in [0, 0.05) is 18.5 Å². The molecule has 0 radical (unpaired) electrons. The third-order valence-corrected chi connectivity index (χ3v) is 5.09. The van der Waals surface area contributed by atoms with Crippen molar-refractivity contribution in [2.24, 2.45) is 0 Å². The standard InChI is InChI=1S/C20H19FN4O/c1-12-23-18-3-2-13(10-19(18)26-12)14-8-15-11-25(16-4-6-22-7-5-16)24-20(15)17(21)9-14/h2-3,8-11,16,22H,4-7H2,1H3. The number of aryl methyl sites for hydroxylation is 1. The first-order valence-electron chi connectivity index (χ1n) is 8.94. The molecule has 0 aliphatic carbocycles. The summed E-state index contributed by atoms with van der Waals surface area (Å²) in [5.41, 5.74) is 3.68. The Bertz CT molecular complexity index is 1110. The van der Waals surface area contributed by atoms with Gasteiger partial charge >= 0.3 is 0 Å². The third kappa shape index (κ3) is 2.57. The summed E-state index contributed by atoms with van der Waals surface area (Å²) in [4.78, 5) is 4.31. The van der Waals surface area contributed by atoms with Gasteiger partial charge in [-0.2, -0.15) is 5.10 Å². The predicted molar refractivity (Wildman–Crippen MR) is 98.6 cm³/mol. The SMILES string of the molecule is Cc1nc2ccc(-c3cc(F)c4nn(C5CCNCC5)cc4c3)cc2o1. The van der Waals surface area contributed by atoms with Crippen molar-refractivity contribution >= 4 is 22.0 Å². The Morgan fingerprint density at radius 2 is 2.00 bits per heavy atom. The minimum atomic E-state index is -0.293. The number of hydrogen-bond acceptors (Lipinski definition) is 4. The zero-order valence-corrected chi connectivity index (χ0v) is 14.5. The van der Waals surface area contributed by atoms with E-state index < -0.39 is 0 Å². The number of hydrogen-bond donors (Lipinski definition) is 1. The molecule has 5 rings (SSSR count). The van der Waals surface area contributed by atoms with Gasteiger partial charge in [-0.3, -0.25) is 4.68 Å². The van der Waals surface area contributed by atoms with Crippen LogP contribution in [-0.2, 0) is 0 Å². The second-order valence-corrected chi connectivity index (χ2v) is 6.90. The number of halogens is 1. The number of benzene rings is 2. The van der Waals surface area contributed by atoms with Gasteiger partial charge in [0.1, 0.15) is 11.0 Å². The first kappa shape index (κ1) is 15.5. The van der Waals surface area contributed by atoms with Crippen molar-refractivity contribution in [3.8, 4) is 11.1 Å². The van der Waals surface area contributed by atoms with Crippen LogP contribution >= 0.6 is 0 Å². The smallest absolute Gasteiger partial charge is 0.192 e. The van der Waals surface area contributed by atoms with Crippen LogP contribution in [0.25, 0.3) is 33.1 Å². The second-order valence-electron chi connectivity index (χ2n) is 6.90. The van der Waals surface area contributed by atoms with Crippen LogP contribution in [0.3, 0.4) is 0 Å².